The molecule has 0 aliphatic carbocycles. The molecule has 0 radical (unpaired) electrons. The van der Waals surface area contributed by atoms with E-state index in [0.29, 0.717) is 16.2 Å². The summed E-state index contributed by atoms with van der Waals surface area (Å²) in [5, 5.41) is 14.8. The number of hydrogen-bond donors (Lipinski definition) is 1. The third-order valence-electron chi connectivity index (χ3n) is 3.27. The van der Waals surface area contributed by atoms with Gasteiger partial charge in [0.25, 0.3) is 11.6 Å². The molecule has 0 saturated heterocycles. The van der Waals surface area contributed by atoms with E-state index in [1.54, 1.807) is 30.5 Å². The number of pyridine rings is 1. The number of halogens is 1. The zero-order valence-corrected chi connectivity index (χ0v) is 12.4. The Morgan fingerprint density at radius 3 is 2.78 bits per heavy atom. The van der Waals surface area contributed by atoms with Gasteiger partial charge in [-0.2, -0.15) is 0 Å². The van der Waals surface area contributed by atoms with Gasteiger partial charge in [0, 0.05) is 34.3 Å². The van der Waals surface area contributed by atoms with Gasteiger partial charge in [-0.05, 0) is 30.3 Å². The van der Waals surface area contributed by atoms with Crippen molar-refractivity contribution in [3.8, 4) is 0 Å². The fraction of sp³-hybridized carbons (Fsp3) is 0. The predicted octanol–water partition coefficient (Wildman–Crippen LogP) is 4.05. The SMILES string of the molecule is O=C(Nc1ccnc2cc(Cl)ccc12)c1cccc([N+](=O)[O-])c1. The van der Waals surface area contributed by atoms with Gasteiger partial charge >= 0.3 is 0 Å². The van der Waals surface area contributed by atoms with E-state index in [0.717, 1.165) is 5.39 Å². The Balaban J connectivity index is 1.94. The third-order valence-corrected chi connectivity index (χ3v) is 3.51. The maximum atomic E-state index is 12.3. The Hall–Kier alpha value is -2.99. The molecule has 3 rings (SSSR count). The Kier molecular flexibility index (Phi) is 3.91. The molecule has 0 aliphatic heterocycles. The van der Waals surface area contributed by atoms with Crippen LogP contribution in [0.1, 0.15) is 10.4 Å². The molecule has 1 aromatic heterocycles. The van der Waals surface area contributed by atoms with Crippen molar-refractivity contribution in [1.29, 1.82) is 0 Å². The summed E-state index contributed by atoms with van der Waals surface area (Å²) in [4.78, 5) is 26.8. The second-order valence-electron chi connectivity index (χ2n) is 4.78. The van der Waals surface area contributed by atoms with E-state index in [9.17, 15) is 14.9 Å². The van der Waals surface area contributed by atoms with Gasteiger partial charge < -0.3 is 5.32 Å². The van der Waals surface area contributed by atoms with Crippen LogP contribution >= 0.6 is 11.6 Å². The number of benzene rings is 2. The fourth-order valence-corrected chi connectivity index (χ4v) is 2.35. The van der Waals surface area contributed by atoms with E-state index in [-0.39, 0.29) is 11.3 Å². The molecule has 0 fully saturated rings. The number of nitro benzene ring substituents is 1. The Labute approximate surface area is 135 Å². The molecule has 0 aliphatic rings. The van der Waals surface area contributed by atoms with Crippen LogP contribution in [0.5, 0.6) is 0 Å². The van der Waals surface area contributed by atoms with E-state index in [1.165, 1.54) is 24.3 Å². The van der Waals surface area contributed by atoms with Gasteiger partial charge in [-0.3, -0.25) is 19.9 Å². The van der Waals surface area contributed by atoms with E-state index in [1.807, 2.05) is 0 Å². The van der Waals surface area contributed by atoms with Crippen LogP contribution in [0.4, 0.5) is 11.4 Å². The lowest BCUT2D eigenvalue weighted by Crippen LogP contribution is -2.12. The lowest BCUT2D eigenvalue weighted by Gasteiger charge is -2.08. The standard InChI is InChI=1S/C16H10ClN3O3/c17-11-4-5-13-14(6-7-18-15(13)9-11)19-16(21)10-2-1-3-12(8-10)20(22)23/h1-9H,(H,18,19,21). The number of carbonyl (C=O) groups excluding carboxylic acids is 1. The summed E-state index contributed by atoms with van der Waals surface area (Å²) in [5.74, 6) is -0.434. The number of anilines is 1. The van der Waals surface area contributed by atoms with E-state index in [4.69, 9.17) is 11.6 Å². The third kappa shape index (κ3) is 3.12. The van der Waals surface area contributed by atoms with Gasteiger partial charge in [0.05, 0.1) is 16.1 Å². The number of nitrogens with one attached hydrogen (secondary N) is 1. The number of non-ortho nitro benzene ring substituents is 1. The highest BCUT2D eigenvalue weighted by Gasteiger charge is 2.13. The van der Waals surface area contributed by atoms with Crippen molar-refractivity contribution >= 4 is 39.8 Å². The average molecular weight is 328 g/mol. The maximum absolute atomic E-state index is 12.3. The molecule has 1 heterocycles. The number of rotatable bonds is 3. The quantitative estimate of drug-likeness (QED) is 0.581. The predicted molar refractivity (Wildman–Crippen MR) is 87.8 cm³/mol. The van der Waals surface area contributed by atoms with Gasteiger partial charge in [-0.25, -0.2) is 0 Å². The molecule has 0 bridgehead atoms. The zero-order valence-electron chi connectivity index (χ0n) is 11.7. The van der Waals surface area contributed by atoms with Crippen molar-refractivity contribution in [2.45, 2.75) is 0 Å². The molecule has 0 saturated carbocycles. The summed E-state index contributed by atoms with van der Waals surface area (Å²) < 4.78 is 0. The topological polar surface area (TPSA) is 85.1 Å². The molecule has 114 valence electrons. The molecule has 2 aromatic carbocycles. The van der Waals surface area contributed by atoms with Crippen LogP contribution < -0.4 is 5.32 Å². The maximum Gasteiger partial charge on any atom is 0.270 e. The van der Waals surface area contributed by atoms with Crippen molar-refractivity contribution in [1.82, 2.24) is 4.98 Å². The Bertz CT molecular complexity index is 927. The normalized spacial score (nSPS) is 10.5. The van der Waals surface area contributed by atoms with E-state index in [2.05, 4.69) is 10.3 Å². The highest BCUT2D eigenvalue weighted by Crippen LogP contribution is 2.25. The molecule has 0 atom stereocenters. The van der Waals surface area contributed by atoms with Crippen LogP contribution in [0, 0.1) is 10.1 Å². The number of nitrogens with zero attached hydrogens (tertiary/aromatic N) is 2. The lowest BCUT2D eigenvalue weighted by atomic mass is 10.1. The first-order chi connectivity index (χ1) is 11.0. The van der Waals surface area contributed by atoms with Crippen LogP contribution in [0.15, 0.2) is 54.7 Å². The summed E-state index contributed by atoms with van der Waals surface area (Å²) in [6, 6.07) is 12.4. The summed E-state index contributed by atoms with van der Waals surface area (Å²) in [5.41, 5.74) is 1.28. The molecular formula is C16H10ClN3O3. The number of nitro groups is 1. The van der Waals surface area contributed by atoms with E-state index >= 15 is 0 Å². The monoisotopic (exact) mass is 327 g/mol. The van der Waals surface area contributed by atoms with Gasteiger partial charge in [-0.1, -0.05) is 17.7 Å². The molecule has 1 amide bonds. The minimum absolute atomic E-state index is 0.135. The van der Waals surface area contributed by atoms with E-state index < -0.39 is 10.8 Å². The average Bonchev–Trinajstić information content (AvgIpc) is 2.54. The second-order valence-corrected chi connectivity index (χ2v) is 5.22. The second kappa shape index (κ2) is 6.02. The largest absolute Gasteiger partial charge is 0.321 e. The molecule has 7 heteroatoms. The van der Waals surface area contributed by atoms with Crippen molar-refractivity contribution < 1.29 is 9.72 Å². The molecule has 3 aromatic rings. The van der Waals surface area contributed by atoms with Gasteiger partial charge in [-0.15, -0.1) is 0 Å². The van der Waals surface area contributed by atoms with Crippen LogP contribution in [-0.4, -0.2) is 15.8 Å². The number of fused-ring (bicyclic) bond motifs is 1. The molecular weight excluding hydrogens is 318 g/mol. The number of aromatic nitrogens is 1. The van der Waals surface area contributed by atoms with Gasteiger partial charge in [0.2, 0.25) is 0 Å². The Morgan fingerprint density at radius 1 is 1.17 bits per heavy atom. The summed E-state index contributed by atoms with van der Waals surface area (Å²) >= 11 is 5.93. The minimum Gasteiger partial charge on any atom is -0.321 e. The number of carbonyl (C=O) groups is 1. The first kappa shape index (κ1) is 14.9. The molecule has 23 heavy (non-hydrogen) atoms. The van der Waals surface area contributed by atoms with Crippen LogP contribution in [0.2, 0.25) is 5.02 Å². The summed E-state index contributed by atoms with van der Waals surface area (Å²) in [6.07, 6.45) is 1.56. The van der Waals surface area contributed by atoms with Crippen molar-refractivity contribution in [3.05, 3.63) is 75.4 Å². The first-order valence-electron chi connectivity index (χ1n) is 6.65. The molecule has 1 N–H and O–H groups in total. The zero-order chi connectivity index (χ0) is 16.4. The fourth-order valence-electron chi connectivity index (χ4n) is 2.19. The van der Waals surface area contributed by atoms with Crippen molar-refractivity contribution in [2.75, 3.05) is 5.32 Å². The highest BCUT2D eigenvalue weighted by atomic mass is 35.5. The first-order valence-corrected chi connectivity index (χ1v) is 7.02. The van der Waals surface area contributed by atoms with Crippen LogP contribution in [-0.2, 0) is 0 Å². The van der Waals surface area contributed by atoms with Crippen LogP contribution in [0.3, 0.4) is 0 Å². The number of amides is 1. The van der Waals surface area contributed by atoms with Gasteiger partial charge in [0.15, 0.2) is 0 Å². The Morgan fingerprint density at radius 2 is 2.00 bits per heavy atom. The summed E-state index contributed by atoms with van der Waals surface area (Å²) in [7, 11) is 0. The van der Waals surface area contributed by atoms with Crippen molar-refractivity contribution in [3.63, 3.8) is 0 Å². The highest BCUT2D eigenvalue weighted by molar-refractivity contribution is 6.31. The smallest absolute Gasteiger partial charge is 0.270 e. The van der Waals surface area contributed by atoms with Crippen LogP contribution in [0.25, 0.3) is 10.9 Å². The lowest BCUT2D eigenvalue weighted by molar-refractivity contribution is -0.384. The van der Waals surface area contributed by atoms with Gasteiger partial charge in [0.1, 0.15) is 0 Å². The van der Waals surface area contributed by atoms with Crippen molar-refractivity contribution in [2.24, 2.45) is 0 Å². The molecule has 6 nitrogen and oxygen atoms in total. The molecule has 0 unspecified atom stereocenters. The summed E-state index contributed by atoms with van der Waals surface area (Å²) in [6.45, 7) is 0. The number of hydrogen-bond acceptors (Lipinski definition) is 4. The minimum atomic E-state index is -0.541. The molecule has 0 spiro atoms.